The fraction of sp³-hybridized carbons (Fsp3) is 0.750. The van der Waals surface area contributed by atoms with Crippen molar-refractivity contribution >= 4 is 43.2 Å². The number of hydrogen-bond donors (Lipinski definition) is 0. The van der Waals surface area contributed by atoms with Crippen molar-refractivity contribution in [3.63, 3.8) is 0 Å². The first kappa shape index (κ1) is 16.0. The van der Waals surface area contributed by atoms with Gasteiger partial charge in [-0.15, -0.1) is 11.3 Å². The lowest BCUT2D eigenvalue weighted by Gasteiger charge is -2.39. The second kappa shape index (κ2) is 7.61. The number of hydrogen-bond acceptors (Lipinski definition) is 1. The summed E-state index contributed by atoms with van der Waals surface area (Å²) in [6.45, 7) is 2.31. The maximum atomic E-state index is 3.80. The van der Waals surface area contributed by atoms with Crippen LogP contribution in [0.25, 0.3) is 0 Å². The van der Waals surface area contributed by atoms with Crippen molar-refractivity contribution in [2.75, 3.05) is 5.33 Å². The van der Waals surface area contributed by atoms with Crippen LogP contribution in [0.3, 0.4) is 0 Å². The molecule has 1 heterocycles. The van der Waals surface area contributed by atoms with Gasteiger partial charge in [0.05, 0.1) is 0 Å². The third-order valence-corrected chi connectivity index (χ3v) is 7.47. The number of unbranched alkanes of at least 4 members (excludes halogenated alkanes) is 1. The molecule has 0 bridgehead atoms. The predicted octanol–water partition coefficient (Wildman–Crippen LogP) is 6.81. The molecule has 0 radical (unpaired) electrons. The van der Waals surface area contributed by atoms with E-state index < -0.39 is 0 Å². The average Bonchev–Trinajstić information content (AvgIpc) is 2.83. The molecule has 0 N–H and O–H groups in total. The highest BCUT2D eigenvalue weighted by molar-refractivity contribution is 9.10. The summed E-state index contributed by atoms with van der Waals surface area (Å²) in [6.07, 6.45) is 11.2. The van der Waals surface area contributed by atoms with Gasteiger partial charge in [-0.2, -0.15) is 0 Å². The zero-order valence-corrected chi connectivity index (χ0v) is 15.7. The summed E-state index contributed by atoms with van der Waals surface area (Å²) in [5.41, 5.74) is 0.521. The lowest BCUT2D eigenvalue weighted by molar-refractivity contribution is 0.169. The van der Waals surface area contributed by atoms with E-state index in [4.69, 9.17) is 0 Å². The number of alkyl halides is 1. The van der Waals surface area contributed by atoms with Crippen LogP contribution in [0, 0.1) is 11.3 Å². The Kier molecular flexibility index (Phi) is 6.42. The van der Waals surface area contributed by atoms with Gasteiger partial charge in [0.25, 0.3) is 0 Å². The first-order valence-corrected chi connectivity index (χ1v) is 10.3. The molecule has 0 spiro atoms. The van der Waals surface area contributed by atoms with Crippen LogP contribution in [-0.4, -0.2) is 5.33 Å². The molecule has 0 amide bonds. The van der Waals surface area contributed by atoms with Crippen LogP contribution in [-0.2, 0) is 6.42 Å². The van der Waals surface area contributed by atoms with Crippen molar-refractivity contribution in [2.24, 2.45) is 11.3 Å². The van der Waals surface area contributed by atoms with Crippen LogP contribution < -0.4 is 0 Å². The molecule has 19 heavy (non-hydrogen) atoms. The highest BCUT2D eigenvalue weighted by Crippen LogP contribution is 2.45. The first-order chi connectivity index (χ1) is 9.17. The zero-order valence-electron chi connectivity index (χ0n) is 11.8. The lowest BCUT2D eigenvalue weighted by Crippen LogP contribution is -2.31. The topological polar surface area (TPSA) is 0 Å². The molecule has 1 aromatic rings. The maximum absolute atomic E-state index is 3.80. The smallest absolute Gasteiger partial charge is 0.0285 e. The summed E-state index contributed by atoms with van der Waals surface area (Å²) >= 11 is 9.28. The van der Waals surface area contributed by atoms with Gasteiger partial charge in [-0.3, -0.25) is 0 Å². The van der Waals surface area contributed by atoms with Crippen LogP contribution in [0.2, 0.25) is 0 Å². The Morgan fingerprint density at radius 1 is 1.37 bits per heavy atom. The summed E-state index contributed by atoms with van der Waals surface area (Å²) in [7, 11) is 0. The number of halogens is 2. The van der Waals surface area contributed by atoms with Gasteiger partial charge in [0.1, 0.15) is 0 Å². The monoisotopic (exact) mass is 406 g/mol. The van der Waals surface area contributed by atoms with Gasteiger partial charge in [-0.1, -0.05) is 42.1 Å². The predicted molar refractivity (Wildman–Crippen MR) is 93.4 cm³/mol. The molecule has 0 nitrogen and oxygen atoms in total. The van der Waals surface area contributed by atoms with E-state index >= 15 is 0 Å². The normalized spacial score (nSPS) is 27.6. The van der Waals surface area contributed by atoms with E-state index in [-0.39, 0.29) is 0 Å². The molecule has 0 aromatic carbocycles. The zero-order chi connectivity index (χ0) is 13.7. The molecular weight excluding hydrogens is 384 g/mol. The van der Waals surface area contributed by atoms with Gasteiger partial charge in [0.2, 0.25) is 0 Å². The van der Waals surface area contributed by atoms with E-state index in [0.29, 0.717) is 5.41 Å². The molecule has 0 atom stereocenters. The van der Waals surface area contributed by atoms with Gasteiger partial charge in [-0.25, -0.2) is 0 Å². The van der Waals surface area contributed by atoms with E-state index in [1.807, 2.05) is 11.3 Å². The van der Waals surface area contributed by atoms with Crippen LogP contribution >= 0.6 is 43.2 Å². The number of rotatable bonds is 6. The molecule has 0 saturated heterocycles. The molecule has 1 fully saturated rings. The van der Waals surface area contributed by atoms with Crippen LogP contribution in [0.4, 0.5) is 0 Å². The molecule has 0 aliphatic heterocycles. The molecule has 1 aromatic heterocycles. The Balaban J connectivity index is 1.90. The number of thiophene rings is 1. The van der Waals surface area contributed by atoms with Crippen molar-refractivity contribution in [1.29, 1.82) is 0 Å². The highest BCUT2D eigenvalue weighted by Gasteiger charge is 2.34. The summed E-state index contributed by atoms with van der Waals surface area (Å²) in [6, 6.07) is 2.30. The SMILES string of the molecule is CCCCC1CCC(CBr)(Cc2cc(Br)cs2)CC1. The summed E-state index contributed by atoms with van der Waals surface area (Å²) < 4.78 is 1.24. The standard InChI is InChI=1S/C16H24Br2S/c1-2-3-4-13-5-7-16(12-17,8-6-13)10-15-9-14(18)11-19-15/h9,11,13H,2-8,10,12H2,1H3. The first-order valence-electron chi connectivity index (χ1n) is 7.46. The molecule has 1 saturated carbocycles. The Morgan fingerprint density at radius 3 is 2.63 bits per heavy atom. The van der Waals surface area contributed by atoms with Gasteiger partial charge in [0, 0.05) is 20.1 Å². The largest absolute Gasteiger partial charge is 0.148 e. The van der Waals surface area contributed by atoms with E-state index in [9.17, 15) is 0 Å². The second-order valence-electron chi connectivity index (χ2n) is 6.13. The van der Waals surface area contributed by atoms with Gasteiger partial charge in [-0.05, 0) is 65.4 Å². The Hall–Kier alpha value is 0.660. The minimum atomic E-state index is 0.521. The van der Waals surface area contributed by atoms with E-state index in [0.717, 1.165) is 11.2 Å². The van der Waals surface area contributed by atoms with Gasteiger partial charge >= 0.3 is 0 Å². The van der Waals surface area contributed by atoms with Crippen molar-refractivity contribution < 1.29 is 0 Å². The van der Waals surface area contributed by atoms with Gasteiger partial charge in [0.15, 0.2) is 0 Å². The molecule has 3 heteroatoms. The molecule has 0 unspecified atom stereocenters. The minimum absolute atomic E-state index is 0.521. The van der Waals surface area contributed by atoms with Crippen molar-refractivity contribution in [2.45, 2.75) is 58.3 Å². The molecule has 2 rings (SSSR count). The molecule has 1 aliphatic carbocycles. The van der Waals surface area contributed by atoms with Crippen LogP contribution in [0.1, 0.15) is 56.7 Å². The Morgan fingerprint density at radius 2 is 2.11 bits per heavy atom. The maximum Gasteiger partial charge on any atom is 0.0285 e. The van der Waals surface area contributed by atoms with Crippen LogP contribution in [0.5, 0.6) is 0 Å². The van der Waals surface area contributed by atoms with Crippen molar-refractivity contribution in [1.82, 2.24) is 0 Å². The minimum Gasteiger partial charge on any atom is -0.148 e. The van der Waals surface area contributed by atoms with E-state index in [1.54, 1.807) is 4.88 Å². The van der Waals surface area contributed by atoms with Crippen LogP contribution in [0.15, 0.2) is 15.9 Å². The molecular formula is C16H24Br2S. The average molecular weight is 408 g/mol. The van der Waals surface area contributed by atoms with E-state index in [1.165, 1.54) is 55.8 Å². The summed E-state index contributed by atoms with van der Waals surface area (Å²) in [4.78, 5) is 1.54. The van der Waals surface area contributed by atoms with E-state index in [2.05, 4.69) is 50.2 Å². The fourth-order valence-electron chi connectivity index (χ4n) is 3.25. The van der Waals surface area contributed by atoms with Crippen molar-refractivity contribution in [3.05, 3.63) is 20.8 Å². The molecule has 1 aliphatic rings. The highest BCUT2D eigenvalue weighted by atomic mass is 79.9. The summed E-state index contributed by atoms with van der Waals surface area (Å²) in [5, 5.41) is 3.38. The third-order valence-electron chi connectivity index (χ3n) is 4.59. The Labute approximate surface area is 138 Å². The lowest BCUT2D eigenvalue weighted by atomic mass is 9.69. The quantitative estimate of drug-likeness (QED) is 0.454. The Bertz CT molecular complexity index is 378. The van der Waals surface area contributed by atoms with Gasteiger partial charge < -0.3 is 0 Å². The van der Waals surface area contributed by atoms with Crippen molar-refractivity contribution in [3.8, 4) is 0 Å². The third kappa shape index (κ3) is 4.57. The second-order valence-corrected chi connectivity index (χ2v) is 8.60. The fourth-order valence-corrected chi connectivity index (χ4v) is 5.63. The summed E-state index contributed by atoms with van der Waals surface area (Å²) in [5.74, 6) is 1.00. The molecule has 108 valence electrons.